The van der Waals surface area contributed by atoms with E-state index in [1.807, 2.05) is 38.0 Å². The standard InChI is InChI=1S/C12H23F3N4.HI/c1-17(2)11(18(3)4)16-7-10-5-6-19(8-10)9-12(13,14)15;/h10H,5-9H2,1-4H3;1H. The van der Waals surface area contributed by atoms with E-state index >= 15 is 0 Å². The van der Waals surface area contributed by atoms with Crippen molar-refractivity contribution in [2.75, 3.05) is 54.4 Å². The van der Waals surface area contributed by atoms with Crippen LogP contribution >= 0.6 is 24.0 Å². The Kier molecular flexibility index (Phi) is 8.15. The Morgan fingerprint density at radius 3 is 2.20 bits per heavy atom. The van der Waals surface area contributed by atoms with E-state index < -0.39 is 12.7 Å². The molecule has 4 nitrogen and oxygen atoms in total. The van der Waals surface area contributed by atoms with Crippen molar-refractivity contribution in [3.8, 4) is 0 Å². The van der Waals surface area contributed by atoms with Gasteiger partial charge < -0.3 is 9.80 Å². The van der Waals surface area contributed by atoms with Gasteiger partial charge in [-0.25, -0.2) is 0 Å². The maximum Gasteiger partial charge on any atom is 0.401 e. The Hall–Kier alpha value is -0.250. The second kappa shape index (κ2) is 8.26. The van der Waals surface area contributed by atoms with Crippen LogP contribution in [0.3, 0.4) is 0 Å². The molecule has 1 aliphatic heterocycles. The van der Waals surface area contributed by atoms with Crippen LogP contribution in [0.1, 0.15) is 6.42 Å². The van der Waals surface area contributed by atoms with Crippen LogP contribution in [-0.4, -0.2) is 81.2 Å². The molecule has 1 atom stereocenters. The number of likely N-dealkylation sites (tertiary alicyclic amines) is 1. The van der Waals surface area contributed by atoms with Gasteiger partial charge in [0.2, 0.25) is 0 Å². The van der Waals surface area contributed by atoms with Gasteiger partial charge in [-0.05, 0) is 18.9 Å². The third-order valence-corrected chi connectivity index (χ3v) is 3.06. The molecule has 1 saturated heterocycles. The minimum absolute atomic E-state index is 0. The first-order valence-electron chi connectivity index (χ1n) is 6.37. The van der Waals surface area contributed by atoms with Crippen LogP contribution in [0, 0.1) is 5.92 Å². The summed E-state index contributed by atoms with van der Waals surface area (Å²) >= 11 is 0. The van der Waals surface area contributed by atoms with E-state index in [0.717, 1.165) is 12.4 Å². The topological polar surface area (TPSA) is 22.1 Å². The lowest BCUT2D eigenvalue weighted by Gasteiger charge is -2.23. The van der Waals surface area contributed by atoms with Crippen molar-refractivity contribution in [1.29, 1.82) is 0 Å². The molecule has 0 saturated carbocycles. The highest BCUT2D eigenvalue weighted by Gasteiger charge is 2.34. The molecular formula is C12H24F3IN4. The van der Waals surface area contributed by atoms with Crippen LogP contribution in [0.5, 0.6) is 0 Å². The molecule has 0 N–H and O–H groups in total. The molecule has 1 unspecified atom stereocenters. The maximum atomic E-state index is 12.3. The molecular weight excluding hydrogens is 384 g/mol. The lowest BCUT2D eigenvalue weighted by atomic mass is 10.1. The van der Waals surface area contributed by atoms with E-state index in [1.54, 1.807) is 0 Å². The molecule has 0 aromatic heterocycles. The molecule has 8 heteroatoms. The lowest BCUT2D eigenvalue weighted by Crippen LogP contribution is -2.36. The van der Waals surface area contributed by atoms with E-state index in [-0.39, 0.29) is 29.9 Å². The molecule has 0 bridgehead atoms. The van der Waals surface area contributed by atoms with Crippen molar-refractivity contribution in [2.45, 2.75) is 12.6 Å². The van der Waals surface area contributed by atoms with Crippen LogP contribution in [0.25, 0.3) is 0 Å². The number of guanidine groups is 1. The lowest BCUT2D eigenvalue weighted by molar-refractivity contribution is -0.143. The zero-order valence-corrected chi connectivity index (χ0v) is 14.8. The summed E-state index contributed by atoms with van der Waals surface area (Å²) in [5.41, 5.74) is 0. The average molecular weight is 408 g/mol. The van der Waals surface area contributed by atoms with Crippen LogP contribution in [-0.2, 0) is 0 Å². The highest BCUT2D eigenvalue weighted by molar-refractivity contribution is 14.0. The molecule has 0 aromatic carbocycles. The van der Waals surface area contributed by atoms with E-state index in [0.29, 0.717) is 19.6 Å². The Morgan fingerprint density at radius 2 is 1.75 bits per heavy atom. The predicted octanol–water partition coefficient (Wildman–Crippen LogP) is 1.97. The molecule has 0 aliphatic carbocycles. The molecule has 1 heterocycles. The smallest absolute Gasteiger partial charge is 0.349 e. The Labute approximate surface area is 136 Å². The molecule has 1 fully saturated rings. The second-order valence-corrected chi connectivity index (χ2v) is 5.43. The van der Waals surface area contributed by atoms with Gasteiger partial charge in [0.25, 0.3) is 0 Å². The summed E-state index contributed by atoms with van der Waals surface area (Å²) < 4.78 is 36.8. The molecule has 0 amide bonds. The molecule has 1 rings (SSSR count). The molecule has 120 valence electrons. The van der Waals surface area contributed by atoms with Gasteiger partial charge in [0, 0.05) is 41.3 Å². The van der Waals surface area contributed by atoms with Gasteiger partial charge in [-0.2, -0.15) is 13.2 Å². The van der Waals surface area contributed by atoms with Gasteiger partial charge in [-0.15, -0.1) is 24.0 Å². The number of aliphatic imine (C=N–C) groups is 1. The van der Waals surface area contributed by atoms with Gasteiger partial charge >= 0.3 is 6.18 Å². The monoisotopic (exact) mass is 408 g/mol. The van der Waals surface area contributed by atoms with Crippen molar-refractivity contribution in [2.24, 2.45) is 10.9 Å². The Morgan fingerprint density at radius 1 is 1.20 bits per heavy atom. The normalized spacial score (nSPS) is 19.4. The van der Waals surface area contributed by atoms with Gasteiger partial charge in [0.05, 0.1) is 6.54 Å². The van der Waals surface area contributed by atoms with Gasteiger partial charge in [-0.3, -0.25) is 9.89 Å². The second-order valence-electron chi connectivity index (χ2n) is 5.43. The largest absolute Gasteiger partial charge is 0.401 e. The number of alkyl halides is 3. The number of nitrogens with zero attached hydrogens (tertiary/aromatic N) is 4. The first-order chi connectivity index (χ1) is 8.69. The summed E-state index contributed by atoms with van der Waals surface area (Å²) in [4.78, 5) is 9.77. The first-order valence-corrected chi connectivity index (χ1v) is 6.37. The van der Waals surface area contributed by atoms with E-state index in [4.69, 9.17) is 0 Å². The van der Waals surface area contributed by atoms with E-state index in [1.165, 1.54) is 4.90 Å². The fourth-order valence-corrected chi connectivity index (χ4v) is 2.35. The highest BCUT2D eigenvalue weighted by Crippen LogP contribution is 2.22. The SMILES string of the molecule is CN(C)C(=NCC1CCN(CC(F)(F)F)C1)N(C)C.I. The third-order valence-electron chi connectivity index (χ3n) is 3.06. The molecule has 20 heavy (non-hydrogen) atoms. The number of rotatable bonds is 3. The summed E-state index contributed by atoms with van der Waals surface area (Å²) in [7, 11) is 7.62. The molecule has 0 aromatic rings. The van der Waals surface area contributed by atoms with Crippen molar-refractivity contribution < 1.29 is 13.2 Å². The van der Waals surface area contributed by atoms with Gasteiger partial charge in [0.15, 0.2) is 5.96 Å². The summed E-state index contributed by atoms with van der Waals surface area (Å²) in [6, 6.07) is 0. The molecule has 0 spiro atoms. The number of hydrogen-bond donors (Lipinski definition) is 0. The van der Waals surface area contributed by atoms with E-state index in [9.17, 15) is 13.2 Å². The molecule has 1 aliphatic rings. The third kappa shape index (κ3) is 6.96. The van der Waals surface area contributed by atoms with Crippen LogP contribution in [0.2, 0.25) is 0 Å². The molecule has 0 radical (unpaired) electrons. The zero-order valence-electron chi connectivity index (χ0n) is 12.4. The van der Waals surface area contributed by atoms with Gasteiger partial charge in [-0.1, -0.05) is 0 Å². The fraction of sp³-hybridized carbons (Fsp3) is 0.917. The average Bonchev–Trinajstić information content (AvgIpc) is 2.61. The summed E-state index contributed by atoms with van der Waals surface area (Å²) in [5.74, 6) is 1.06. The van der Waals surface area contributed by atoms with Crippen molar-refractivity contribution in [1.82, 2.24) is 14.7 Å². The highest BCUT2D eigenvalue weighted by atomic mass is 127. The zero-order chi connectivity index (χ0) is 14.6. The maximum absolute atomic E-state index is 12.3. The minimum atomic E-state index is -4.10. The van der Waals surface area contributed by atoms with E-state index in [2.05, 4.69) is 4.99 Å². The minimum Gasteiger partial charge on any atom is -0.349 e. The Bertz CT molecular complexity index is 308. The summed E-state index contributed by atoms with van der Waals surface area (Å²) in [6.07, 6.45) is -3.32. The van der Waals surface area contributed by atoms with Crippen LogP contribution in [0.15, 0.2) is 4.99 Å². The Balaban J connectivity index is 0.00000361. The fourth-order valence-electron chi connectivity index (χ4n) is 2.35. The first kappa shape index (κ1) is 19.8. The van der Waals surface area contributed by atoms with Crippen molar-refractivity contribution in [3.05, 3.63) is 0 Å². The van der Waals surface area contributed by atoms with Crippen molar-refractivity contribution >= 4 is 29.9 Å². The van der Waals surface area contributed by atoms with Crippen molar-refractivity contribution in [3.63, 3.8) is 0 Å². The van der Waals surface area contributed by atoms with Crippen LogP contribution < -0.4 is 0 Å². The number of hydrogen-bond acceptors (Lipinski definition) is 2. The number of halogens is 4. The van der Waals surface area contributed by atoms with Gasteiger partial charge in [0.1, 0.15) is 0 Å². The quantitative estimate of drug-likeness (QED) is 0.405. The predicted molar refractivity (Wildman–Crippen MR) is 85.7 cm³/mol. The van der Waals surface area contributed by atoms with Crippen LogP contribution in [0.4, 0.5) is 13.2 Å². The summed E-state index contributed by atoms with van der Waals surface area (Å²) in [5, 5.41) is 0. The summed E-state index contributed by atoms with van der Waals surface area (Å²) in [6.45, 7) is 0.775.